The van der Waals surface area contributed by atoms with Crippen LogP contribution in [0.15, 0.2) is 23.1 Å². The zero-order valence-electron chi connectivity index (χ0n) is 11.6. The van der Waals surface area contributed by atoms with Crippen LogP contribution in [0.3, 0.4) is 0 Å². The van der Waals surface area contributed by atoms with Crippen LogP contribution < -0.4 is 10.5 Å². The van der Waals surface area contributed by atoms with Crippen LogP contribution in [0.2, 0.25) is 5.02 Å². The van der Waals surface area contributed by atoms with Gasteiger partial charge in [-0.1, -0.05) is 30.9 Å². The van der Waals surface area contributed by atoms with Crippen LogP contribution in [0, 0.1) is 5.92 Å². The van der Waals surface area contributed by atoms with Crippen LogP contribution in [0.1, 0.15) is 39.0 Å². The fourth-order valence-electron chi connectivity index (χ4n) is 2.80. The van der Waals surface area contributed by atoms with Gasteiger partial charge in [-0.05, 0) is 43.9 Å². The molecule has 1 aromatic rings. The molecule has 0 spiro atoms. The Labute approximate surface area is 125 Å². The normalized spacial score (nSPS) is 18.9. The lowest BCUT2D eigenvalue weighted by atomic mass is 9.85. The van der Waals surface area contributed by atoms with Crippen LogP contribution in [0.25, 0.3) is 0 Å². The average molecular weight is 317 g/mol. The van der Waals surface area contributed by atoms with Crippen LogP contribution in [0.5, 0.6) is 0 Å². The summed E-state index contributed by atoms with van der Waals surface area (Å²) in [5.74, 6) is 0.409. The Bertz CT molecular complexity index is 569. The molecule has 0 radical (unpaired) electrons. The third-order valence-electron chi connectivity index (χ3n) is 3.96. The summed E-state index contributed by atoms with van der Waals surface area (Å²) in [5.41, 5.74) is 5.94. The molecule has 20 heavy (non-hydrogen) atoms. The first kappa shape index (κ1) is 15.6. The minimum atomic E-state index is -3.59. The number of anilines is 1. The smallest absolute Gasteiger partial charge is 0.242 e. The van der Waals surface area contributed by atoms with Crippen molar-refractivity contribution < 1.29 is 8.42 Å². The summed E-state index contributed by atoms with van der Waals surface area (Å²) in [4.78, 5) is 0.101. The number of nitrogen functional groups attached to an aromatic ring is 1. The molecule has 1 saturated carbocycles. The van der Waals surface area contributed by atoms with Gasteiger partial charge in [-0.25, -0.2) is 13.1 Å². The van der Waals surface area contributed by atoms with Crippen LogP contribution in [0.4, 0.5) is 5.69 Å². The summed E-state index contributed by atoms with van der Waals surface area (Å²) >= 11 is 5.80. The number of halogens is 1. The molecule has 1 fully saturated rings. The van der Waals surface area contributed by atoms with Crippen molar-refractivity contribution in [1.82, 2.24) is 4.72 Å². The Morgan fingerprint density at radius 1 is 1.30 bits per heavy atom. The Hall–Kier alpha value is -0.780. The Morgan fingerprint density at radius 3 is 2.55 bits per heavy atom. The van der Waals surface area contributed by atoms with E-state index >= 15 is 0 Å². The fourth-order valence-corrected chi connectivity index (χ4v) is 4.41. The lowest BCUT2D eigenvalue weighted by Crippen LogP contribution is -2.39. The first-order valence-electron chi connectivity index (χ1n) is 6.97. The van der Waals surface area contributed by atoms with E-state index in [0.717, 1.165) is 12.8 Å². The lowest BCUT2D eigenvalue weighted by Gasteiger charge is -2.28. The van der Waals surface area contributed by atoms with Crippen molar-refractivity contribution in [2.24, 2.45) is 5.92 Å². The highest BCUT2D eigenvalue weighted by atomic mass is 35.5. The van der Waals surface area contributed by atoms with Gasteiger partial charge in [0.05, 0.1) is 5.69 Å². The van der Waals surface area contributed by atoms with Crippen molar-refractivity contribution in [3.8, 4) is 0 Å². The summed E-state index contributed by atoms with van der Waals surface area (Å²) < 4.78 is 27.5. The van der Waals surface area contributed by atoms with Crippen molar-refractivity contribution in [3.63, 3.8) is 0 Å². The molecule has 0 heterocycles. The van der Waals surface area contributed by atoms with Crippen molar-refractivity contribution in [1.29, 1.82) is 0 Å². The van der Waals surface area contributed by atoms with Crippen molar-refractivity contribution in [3.05, 3.63) is 23.2 Å². The van der Waals surface area contributed by atoms with Crippen LogP contribution >= 0.6 is 11.6 Å². The van der Waals surface area contributed by atoms with E-state index in [1.807, 2.05) is 6.92 Å². The zero-order valence-corrected chi connectivity index (χ0v) is 13.2. The van der Waals surface area contributed by atoms with E-state index < -0.39 is 10.0 Å². The van der Waals surface area contributed by atoms with Gasteiger partial charge in [0.2, 0.25) is 10.0 Å². The molecule has 4 nitrogen and oxygen atoms in total. The third kappa shape index (κ3) is 3.65. The van der Waals surface area contributed by atoms with Crippen molar-refractivity contribution in [2.75, 3.05) is 5.73 Å². The van der Waals surface area contributed by atoms with Crippen LogP contribution in [-0.2, 0) is 10.0 Å². The Balaban J connectivity index is 2.13. The van der Waals surface area contributed by atoms with Gasteiger partial charge >= 0.3 is 0 Å². The number of rotatable bonds is 4. The minimum Gasteiger partial charge on any atom is -0.398 e. The van der Waals surface area contributed by atoms with Gasteiger partial charge < -0.3 is 5.73 Å². The van der Waals surface area contributed by atoms with Crippen molar-refractivity contribution in [2.45, 2.75) is 50.0 Å². The maximum Gasteiger partial charge on any atom is 0.242 e. The molecule has 112 valence electrons. The molecule has 0 bridgehead atoms. The summed E-state index contributed by atoms with van der Waals surface area (Å²) in [6.45, 7) is 1.93. The second-order valence-electron chi connectivity index (χ2n) is 5.49. The number of benzene rings is 1. The molecule has 1 aliphatic carbocycles. The first-order chi connectivity index (χ1) is 9.40. The van der Waals surface area contributed by atoms with Gasteiger partial charge in [0.15, 0.2) is 0 Å². The minimum absolute atomic E-state index is 0.0737. The average Bonchev–Trinajstić information content (AvgIpc) is 2.38. The van der Waals surface area contributed by atoms with Gasteiger partial charge in [-0.2, -0.15) is 0 Å². The molecule has 3 N–H and O–H groups in total. The molecule has 2 rings (SSSR count). The molecule has 0 aromatic heterocycles. The standard InChI is InChI=1S/C14H21ClN2O2S/c1-10(11-5-3-2-4-6-11)17-20(18,19)14-8-7-12(15)9-13(14)16/h7-11,17H,2-6,16H2,1H3. The van der Waals surface area contributed by atoms with E-state index in [9.17, 15) is 8.42 Å². The lowest BCUT2D eigenvalue weighted by molar-refractivity contribution is 0.303. The highest BCUT2D eigenvalue weighted by Gasteiger charge is 2.26. The SMILES string of the molecule is CC(NS(=O)(=O)c1ccc(Cl)cc1N)C1CCCCC1. The number of hydrogen-bond acceptors (Lipinski definition) is 3. The second-order valence-corrected chi connectivity index (χ2v) is 7.61. The molecular weight excluding hydrogens is 296 g/mol. The highest BCUT2D eigenvalue weighted by molar-refractivity contribution is 7.89. The predicted molar refractivity (Wildman–Crippen MR) is 82.2 cm³/mol. The van der Waals surface area contributed by atoms with E-state index in [-0.39, 0.29) is 16.6 Å². The summed E-state index contributed by atoms with van der Waals surface area (Å²) in [6.07, 6.45) is 5.78. The molecule has 1 aromatic carbocycles. The molecule has 6 heteroatoms. The number of sulfonamides is 1. The summed E-state index contributed by atoms with van der Waals surface area (Å²) in [5, 5.41) is 0.432. The molecule has 1 atom stereocenters. The van der Waals surface area contributed by atoms with Gasteiger partial charge in [-0.3, -0.25) is 0 Å². The number of nitrogens with one attached hydrogen (secondary N) is 1. The van der Waals surface area contributed by atoms with Gasteiger partial charge in [0.1, 0.15) is 4.90 Å². The highest BCUT2D eigenvalue weighted by Crippen LogP contribution is 2.28. The molecule has 1 unspecified atom stereocenters. The number of hydrogen-bond donors (Lipinski definition) is 2. The monoisotopic (exact) mass is 316 g/mol. The van der Waals surface area contributed by atoms with E-state index in [1.54, 1.807) is 0 Å². The quantitative estimate of drug-likeness (QED) is 0.838. The van der Waals surface area contributed by atoms with Gasteiger partial charge in [-0.15, -0.1) is 0 Å². The zero-order chi connectivity index (χ0) is 14.8. The second kappa shape index (κ2) is 6.33. The van der Waals surface area contributed by atoms with E-state index in [2.05, 4.69) is 4.72 Å². The molecule has 1 aliphatic rings. The molecule has 0 aliphatic heterocycles. The summed E-state index contributed by atoms with van der Waals surface area (Å²) in [6, 6.07) is 4.38. The van der Waals surface area contributed by atoms with E-state index in [0.29, 0.717) is 10.9 Å². The third-order valence-corrected chi connectivity index (χ3v) is 5.83. The topological polar surface area (TPSA) is 72.2 Å². The maximum atomic E-state index is 12.4. The predicted octanol–water partition coefficient (Wildman–Crippen LogP) is 3.17. The maximum absolute atomic E-state index is 12.4. The van der Waals surface area contributed by atoms with Crippen LogP contribution in [-0.4, -0.2) is 14.5 Å². The van der Waals surface area contributed by atoms with Crippen molar-refractivity contribution >= 4 is 27.3 Å². The number of nitrogens with two attached hydrogens (primary N) is 1. The summed E-state index contributed by atoms with van der Waals surface area (Å²) in [7, 11) is -3.59. The van der Waals surface area contributed by atoms with E-state index in [1.165, 1.54) is 37.5 Å². The fraction of sp³-hybridized carbons (Fsp3) is 0.571. The molecular formula is C14H21ClN2O2S. The Morgan fingerprint density at radius 2 is 1.95 bits per heavy atom. The molecule has 0 saturated heterocycles. The Kier molecular flexibility index (Phi) is 4.94. The van der Waals surface area contributed by atoms with E-state index in [4.69, 9.17) is 17.3 Å². The first-order valence-corrected chi connectivity index (χ1v) is 8.83. The molecule has 0 amide bonds. The van der Waals surface area contributed by atoms with Gasteiger partial charge in [0.25, 0.3) is 0 Å². The largest absolute Gasteiger partial charge is 0.398 e. The van der Waals surface area contributed by atoms with Gasteiger partial charge in [0, 0.05) is 11.1 Å².